The van der Waals surface area contributed by atoms with Gasteiger partial charge >= 0.3 is 0 Å². The van der Waals surface area contributed by atoms with Gasteiger partial charge in [0.15, 0.2) is 0 Å². The summed E-state index contributed by atoms with van der Waals surface area (Å²) in [5, 5.41) is 17.5. The fraction of sp³-hybridized carbons (Fsp3) is 0.746. The Kier molecular flexibility index (Phi) is 28.6. The van der Waals surface area contributed by atoms with E-state index in [4.69, 9.17) is 15.2 Å². The minimum absolute atomic E-state index is 0.0128. The highest BCUT2D eigenvalue weighted by atomic mass is 16.5. The Hall–Kier alpha value is -5.64. The molecule has 2 aliphatic rings. The number of hydrogen-bond donors (Lipinski definition) is 7. The number of H-pyrrole nitrogens is 1. The first-order valence-corrected chi connectivity index (χ1v) is 31.1. The van der Waals surface area contributed by atoms with Crippen molar-refractivity contribution in [3.63, 3.8) is 0 Å². The summed E-state index contributed by atoms with van der Waals surface area (Å²) in [7, 11) is 6.63. The minimum Gasteiger partial charge on any atom is -0.379 e. The number of nitrogens with zero attached hydrogens (tertiary/aromatic N) is 4. The van der Waals surface area contributed by atoms with E-state index in [2.05, 4.69) is 47.2 Å². The van der Waals surface area contributed by atoms with E-state index in [9.17, 15) is 43.5 Å². The van der Waals surface area contributed by atoms with Gasteiger partial charge in [0.1, 0.15) is 18.3 Å². The number of benzene rings is 1. The summed E-state index contributed by atoms with van der Waals surface area (Å²) in [5.74, 6) is -3.91. The molecule has 2 aromatic rings. The monoisotopic (exact) mass is 1180 g/mol. The van der Waals surface area contributed by atoms with Gasteiger partial charge in [-0.25, -0.2) is 0 Å². The largest absolute Gasteiger partial charge is 0.379 e. The van der Waals surface area contributed by atoms with Gasteiger partial charge in [-0.2, -0.15) is 0 Å². The number of likely N-dealkylation sites (tertiary alicyclic amines) is 2. The summed E-state index contributed by atoms with van der Waals surface area (Å²) in [4.78, 5) is 118. The van der Waals surface area contributed by atoms with Crippen molar-refractivity contribution in [2.24, 2.45) is 40.7 Å². The lowest BCUT2D eigenvalue weighted by molar-refractivity contribution is -0.148. The average Bonchev–Trinajstić information content (AvgIpc) is 2.85. The summed E-state index contributed by atoms with van der Waals surface area (Å²) in [6.45, 7) is 21.2. The second-order valence-corrected chi connectivity index (χ2v) is 24.9. The van der Waals surface area contributed by atoms with Crippen molar-refractivity contribution < 1.29 is 52.9 Å². The highest BCUT2D eigenvalue weighted by molar-refractivity contribution is 5.91. The molecule has 2 aliphatic heterocycles. The first kappa shape index (κ1) is 70.8. The third kappa shape index (κ3) is 18.9. The van der Waals surface area contributed by atoms with E-state index in [1.165, 1.54) is 14.2 Å². The Morgan fingerprint density at radius 1 is 0.845 bits per heavy atom. The highest BCUT2D eigenvalue weighted by Gasteiger charge is 2.47. The molecular formula is C63H106N10O11. The number of hydrazine groups is 1. The van der Waals surface area contributed by atoms with E-state index in [-0.39, 0.29) is 90.2 Å². The van der Waals surface area contributed by atoms with Crippen LogP contribution >= 0.6 is 0 Å². The smallest absolute Gasteiger partial charge is 0.245 e. The molecule has 0 radical (unpaired) electrons. The number of aliphatic hydroxyl groups is 1. The van der Waals surface area contributed by atoms with Crippen molar-refractivity contribution >= 4 is 58.2 Å². The molecule has 11 atom stereocenters. The summed E-state index contributed by atoms with van der Waals surface area (Å²) in [5.41, 5.74) is 12.4. The normalized spacial score (nSPS) is 19.5. The van der Waals surface area contributed by atoms with Gasteiger partial charge in [-0.3, -0.25) is 54.1 Å². The number of aromatic amines is 1. The molecule has 0 bridgehead atoms. The number of aliphatic hydroxyl groups excluding tert-OH is 1. The SMILES string of the molecule is CC[C@H](C)[C@@H]([C@@H](CC(=O)N1CCC[C@H]1[C@H](OC)[C@@H](C)C(=O)N[C@@H](Cc1c[nH]c2ccccc12)C(N)=O)OC)N(C)C(=O)[C@@H](NC(=O)[C@H](C(C)C)N(C)CCCCCC(=O)NNC(=O)CCCCCN1C(=O)C(C(C)(CC)CC)CC1O)C(C)C. The zero-order valence-electron chi connectivity index (χ0n) is 53.2. The Labute approximate surface area is 500 Å². The number of methoxy groups -OCH3 is 2. The molecule has 0 aliphatic carbocycles. The topological polar surface area (TPSA) is 278 Å². The van der Waals surface area contributed by atoms with Crippen LogP contribution in [-0.4, -0.2) is 174 Å². The standard InChI is InChI=1S/C63H106N10O11/c1-15-41(8)56(49(83-13)37-53(77)72-34-26-29-48(72)57(84-14)42(9)59(79)66-47(58(64)78)35-43-38-65-46-28-23-22-27-44(43)46)71(12)62(82)54(39(4)5)67-60(80)55(40(6)7)70(11)32-24-18-20-30-50(74)68-69-51(75)31-21-19-25-33-73-52(76)36-45(61(73)81)63(10,16-2)17-3/h22-23,27-28,38-42,45,47-49,52,54-57,65,76H,15-21,24-26,29-37H2,1-14H3,(H2,64,78)(H,66,79)(H,67,80)(H,68,74)(H,69,75)/t41-,42+,45?,47-,48-,49+,52?,54-,55-,56-,57+/m0/s1. The van der Waals surface area contributed by atoms with Gasteiger partial charge in [-0.05, 0) is 99.8 Å². The fourth-order valence-corrected chi connectivity index (χ4v) is 12.7. The molecule has 21 nitrogen and oxygen atoms in total. The molecule has 2 saturated heterocycles. The van der Waals surface area contributed by atoms with Crippen molar-refractivity contribution in [1.82, 2.24) is 46.1 Å². The summed E-state index contributed by atoms with van der Waals surface area (Å²) in [6, 6.07) is 4.25. The van der Waals surface area contributed by atoms with Gasteiger partial charge in [0.25, 0.3) is 0 Å². The van der Waals surface area contributed by atoms with Crippen LogP contribution < -0.4 is 27.2 Å². The van der Waals surface area contributed by atoms with E-state index in [1.54, 1.807) is 28.7 Å². The third-order valence-corrected chi connectivity index (χ3v) is 18.5. The highest BCUT2D eigenvalue weighted by Crippen LogP contribution is 2.43. The van der Waals surface area contributed by atoms with E-state index in [0.29, 0.717) is 83.8 Å². The predicted octanol–water partition coefficient (Wildman–Crippen LogP) is 5.96. The van der Waals surface area contributed by atoms with Gasteiger partial charge in [0.05, 0.1) is 42.7 Å². The zero-order valence-corrected chi connectivity index (χ0v) is 53.2. The number of likely N-dealkylation sites (N-methyl/N-ethyl adjacent to an activating group) is 2. The molecule has 84 heavy (non-hydrogen) atoms. The number of carbonyl (C=O) groups excluding carboxylic acids is 8. The quantitative estimate of drug-likeness (QED) is 0.0308. The number of para-hydroxylation sites is 1. The number of amides is 8. The number of ether oxygens (including phenoxy) is 2. The average molecular weight is 1180 g/mol. The van der Waals surface area contributed by atoms with Crippen LogP contribution in [0.15, 0.2) is 30.5 Å². The van der Waals surface area contributed by atoms with Gasteiger partial charge in [-0.15, -0.1) is 0 Å². The van der Waals surface area contributed by atoms with Gasteiger partial charge in [0.2, 0.25) is 47.3 Å². The van der Waals surface area contributed by atoms with E-state index < -0.39 is 66.4 Å². The number of rotatable bonds is 36. The molecule has 2 fully saturated rings. The number of nitrogens with one attached hydrogen (secondary N) is 5. The molecule has 2 unspecified atom stereocenters. The number of unbranched alkanes of at least 4 members (excludes halogenated alkanes) is 4. The maximum Gasteiger partial charge on any atom is 0.245 e. The molecule has 0 saturated carbocycles. The predicted molar refractivity (Wildman–Crippen MR) is 325 cm³/mol. The van der Waals surface area contributed by atoms with Crippen molar-refractivity contribution in [2.75, 3.05) is 47.9 Å². The minimum atomic E-state index is -0.981. The van der Waals surface area contributed by atoms with Crippen LogP contribution in [0, 0.1) is 35.0 Å². The lowest BCUT2D eigenvalue weighted by Crippen LogP contribution is -2.60. The second kappa shape index (κ2) is 33.9. The summed E-state index contributed by atoms with van der Waals surface area (Å²) >= 11 is 0. The zero-order chi connectivity index (χ0) is 62.6. The number of hydrogen-bond acceptors (Lipinski definition) is 12. The van der Waals surface area contributed by atoms with Crippen LogP contribution in [0.1, 0.15) is 171 Å². The van der Waals surface area contributed by atoms with Crippen LogP contribution in [0.4, 0.5) is 0 Å². The second-order valence-electron chi connectivity index (χ2n) is 24.9. The Morgan fingerprint density at radius 2 is 1.48 bits per heavy atom. The van der Waals surface area contributed by atoms with E-state index in [0.717, 1.165) is 29.3 Å². The van der Waals surface area contributed by atoms with Gasteiger partial charge < -0.3 is 50.6 Å². The first-order valence-electron chi connectivity index (χ1n) is 31.1. The van der Waals surface area contributed by atoms with Crippen LogP contribution in [0.2, 0.25) is 0 Å². The van der Waals surface area contributed by atoms with E-state index in [1.807, 2.05) is 84.0 Å². The van der Waals surface area contributed by atoms with Gasteiger partial charge in [-0.1, -0.05) is 107 Å². The van der Waals surface area contributed by atoms with Crippen LogP contribution in [0.3, 0.4) is 0 Å². The van der Waals surface area contributed by atoms with Crippen molar-refractivity contribution in [1.29, 1.82) is 0 Å². The van der Waals surface area contributed by atoms with E-state index >= 15 is 0 Å². The van der Waals surface area contributed by atoms with Crippen LogP contribution in [0.25, 0.3) is 10.9 Å². The number of fused-ring (bicyclic) bond motifs is 1. The summed E-state index contributed by atoms with van der Waals surface area (Å²) in [6.07, 6.45) is 8.26. The molecule has 8 N–H and O–H groups in total. The molecule has 1 aromatic carbocycles. The van der Waals surface area contributed by atoms with Crippen LogP contribution in [0.5, 0.6) is 0 Å². The molecule has 0 spiro atoms. The van der Waals surface area contributed by atoms with Crippen molar-refractivity contribution in [2.45, 2.75) is 221 Å². The first-order chi connectivity index (χ1) is 39.8. The molecule has 21 heteroatoms. The molecule has 4 rings (SSSR count). The molecule has 8 amide bonds. The van der Waals surface area contributed by atoms with Crippen molar-refractivity contribution in [3.8, 4) is 0 Å². The lowest BCUT2D eigenvalue weighted by Gasteiger charge is -2.41. The molecule has 474 valence electrons. The third-order valence-electron chi connectivity index (χ3n) is 18.5. The molecule has 1 aromatic heterocycles. The Bertz CT molecular complexity index is 2460. The number of nitrogens with two attached hydrogens (primary N) is 1. The maximum atomic E-state index is 14.7. The molecular weight excluding hydrogens is 1070 g/mol. The molecule has 3 heterocycles. The number of primary amides is 1. The van der Waals surface area contributed by atoms with Crippen molar-refractivity contribution in [3.05, 3.63) is 36.0 Å². The van der Waals surface area contributed by atoms with Gasteiger partial charge in [0, 0.05) is 83.1 Å². The lowest BCUT2D eigenvalue weighted by atomic mass is 9.72. The Balaban J connectivity index is 1.26. The number of carbonyl (C=O) groups is 8. The summed E-state index contributed by atoms with van der Waals surface area (Å²) < 4.78 is 12.1. The Morgan fingerprint density at radius 3 is 2.05 bits per heavy atom. The van der Waals surface area contributed by atoms with Crippen LogP contribution in [-0.2, 0) is 54.3 Å². The number of aromatic nitrogens is 1. The fourth-order valence-electron chi connectivity index (χ4n) is 12.7. The maximum absolute atomic E-state index is 14.7.